The highest BCUT2D eigenvalue weighted by atomic mass is 16.2. The number of rotatable bonds is 4. The second kappa shape index (κ2) is 6.56. The van der Waals surface area contributed by atoms with Gasteiger partial charge in [0.15, 0.2) is 0 Å². The summed E-state index contributed by atoms with van der Waals surface area (Å²) >= 11 is 0. The molecule has 1 aliphatic carbocycles. The van der Waals surface area contributed by atoms with Gasteiger partial charge in [-0.1, -0.05) is 25.7 Å². The molecule has 6 heteroatoms. The molecule has 1 aromatic heterocycles. The van der Waals surface area contributed by atoms with Gasteiger partial charge in [-0.05, 0) is 38.8 Å². The smallest absolute Gasteiger partial charge is 0.288 e. The van der Waals surface area contributed by atoms with E-state index in [1.54, 1.807) is 0 Å². The van der Waals surface area contributed by atoms with E-state index in [4.69, 9.17) is 0 Å². The van der Waals surface area contributed by atoms with Crippen molar-refractivity contribution >= 4 is 5.91 Å². The molecule has 0 radical (unpaired) electrons. The first kappa shape index (κ1) is 14.5. The summed E-state index contributed by atoms with van der Waals surface area (Å²) in [5.41, 5.74) is 0.161. The van der Waals surface area contributed by atoms with Crippen molar-refractivity contribution in [2.75, 3.05) is 19.6 Å². The van der Waals surface area contributed by atoms with Crippen molar-refractivity contribution in [3.8, 4) is 0 Å². The van der Waals surface area contributed by atoms with Crippen LogP contribution in [0.5, 0.6) is 0 Å². The Bertz CT molecular complexity index is 447. The van der Waals surface area contributed by atoms with Gasteiger partial charge < -0.3 is 5.32 Å². The molecule has 1 saturated heterocycles. The molecule has 0 spiro atoms. The Balaban J connectivity index is 1.65. The van der Waals surface area contributed by atoms with Gasteiger partial charge in [-0.25, -0.2) is 4.98 Å². The summed E-state index contributed by atoms with van der Waals surface area (Å²) in [5.74, 6) is 0.161. The lowest BCUT2D eigenvalue weighted by Crippen LogP contribution is -2.58. The SMILES string of the molecule is O=C(NCC1(N2CCCCC2)CCCCC1)c1ncn[nH]1. The van der Waals surface area contributed by atoms with Gasteiger partial charge in [-0.2, -0.15) is 5.10 Å². The zero-order valence-electron chi connectivity index (χ0n) is 12.6. The Hall–Kier alpha value is -1.43. The Morgan fingerprint density at radius 3 is 2.57 bits per heavy atom. The van der Waals surface area contributed by atoms with E-state index in [0.717, 1.165) is 6.54 Å². The predicted octanol–water partition coefficient (Wildman–Crippen LogP) is 1.72. The number of hydrogen-bond acceptors (Lipinski definition) is 4. The van der Waals surface area contributed by atoms with Gasteiger partial charge in [0.25, 0.3) is 5.91 Å². The number of hydrogen-bond donors (Lipinski definition) is 2. The summed E-state index contributed by atoms with van der Waals surface area (Å²) in [6.07, 6.45) is 11.6. The van der Waals surface area contributed by atoms with Crippen molar-refractivity contribution in [2.24, 2.45) is 0 Å². The van der Waals surface area contributed by atoms with Crippen LogP contribution in [0.2, 0.25) is 0 Å². The lowest BCUT2D eigenvalue weighted by molar-refractivity contribution is 0.0325. The van der Waals surface area contributed by atoms with Crippen LogP contribution in [0.3, 0.4) is 0 Å². The summed E-state index contributed by atoms with van der Waals surface area (Å²) in [7, 11) is 0. The monoisotopic (exact) mass is 291 g/mol. The molecule has 2 aliphatic rings. The lowest BCUT2D eigenvalue weighted by Gasteiger charge is -2.48. The predicted molar refractivity (Wildman–Crippen MR) is 80.0 cm³/mol. The lowest BCUT2D eigenvalue weighted by atomic mass is 9.79. The number of likely N-dealkylation sites (tertiary alicyclic amines) is 1. The second-order valence-corrected chi connectivity index (χ2v) is 6.35. The van der Waals surface area contributed by atoms with Crippen molar-refractivity contribution in [3.05, 3.63) is 12.2 Å². The van der Waals surface area contributed by atoms with E-state index in [1.165, 1.54) is 70.8 Å². The Morgan fingerprint density at radius 2 is 1.90 bits per heavy atom. The average Bonchev–Trinajstić information content (AvgIpc) is 3.09. The van der Waals surface area contributed by atoms with Gasteiger partial charge in [-0.3, -0.25) is 14.8 Å². The second-order valence-electron chi connectivity index (χ2n) is 6.35. The van der Waals surface area contributed by atoms with Gasteiger partial charge in [-0.15, -0.1) is 0 Å². The minimum absolute atomic E-state index is 0.144. The van der Waals surface area contributed by atoms with Crippen molar-refractivity contribution in [1.82, 2.24) is 25.4 Å². The van der Waals surface area contributed by atoms with Crippen molar-refractivity contribution in [2.45, 2.75) is 56.9 Å². The molecule has 21 heavy (non-hydrogen) atoms. The molecule has 0 unspecified atom stereocenters. The van der Waals surface area contributed by atoms with E-state index in [9.17, 15) is 4.79 Å². The van der Waals surface area contributed by atoms with Gasteiger partial charge in [0.05, 0.1) is 0 Å². The fourth-order valence-corrected chi connectivity index (χ4v) is 3.83. The van der Waals surface area contributed by atoms with Crippen molar-refractivity contribution in [1.29, 1.82) is 0 Å². The molecule has 1 aromatic rings. The van der Waals surface area contributed by atoms with Gasteiger partial charge in [0, 0.05) is 12.1 Å². The van der Waals surface area contributed by atoms with Gasteiger partial charge >= 0.3 is 0 Å². The normalized spacial score (nSPS) is 22.9. The highest BCUT2D eigenvalue weighted by Crippen LogP contribution is 2.35. The molecule has 0 aromatic carbocycles. The first-order valence-electron chi connectivity index (χ1n) is 8.19. The molecular formula is C15H25N5O. The highest BCUT2D eigenvalue weighted by molar-refractivity contribution is 5.90. The summed E-state index contributed by atoms with van der Waals surface area (Å²) in [5, 5.41) is 9.45. The summed E-state index contributed by atoms with van der Waals surface area (Å²) in [4.78, 5) is 18.7. The summed E-state index contributed by atoms with van der Waals surface area (Å²) in [6.45, 7) is 3.09. The third-order valence-corrected chi connectivity index (χ3v) is 5.02. The number of aromatic amines is 1. The largest absolute Gasteiger partial charge is 0.347 e. The average molecular weight is 291 g/mol. The van der Waals surface area contributed by atoms with E-state index < -0.39 is 0 Å². The van der Waals surface area contributed by atoms with E-state index in [2.05, 4.69) is 25.4 Å². The maximum atomic E-state index is 12.1. The third-order valence-electron chi connectivity index (χ3n) is 5.02. The molecule has 1 saturated carbocycles. The summed E-state index contributed by atoms with van der Waals surface area (Å²) in [6, 6.07) is 0. The maximum absolute atomic E-state index is 12.1. The van der Waals surface area contributed by atoms with E-state index in [0.29, 0.717) is 5.82 Å². The van der Waals surface area contributed by atoms with Crippen LogP contribution in [-0.2, 0) is 0 Å². The Kier molecular flexibility index (Phi) is 4.53. The number of amides is 1. The standard InChI is InChI=1S/C15H25N5O/c21-14(13-17-12-18-19-13)16-11-15(7-3-1-4-8-15)20-9-5-2-6-10-20/h12H,1-11H2,(H,16,21)(H,17,18,19). The Morgan fingerprint density at radius 1 is 1.19 bits per heavy atom. The van der Waals surface area contributed by atoms with Crippen LogP contribution in [0.25, 0.3) is 0 Å². The summed E-state index contributed by atoms with van der Waals surface area (Å²) < 4.78 is 0. The quantitative estimate of drug-likeness (QED) is 0.886. The molecule has 0 bridgehead atoms. The van der Waals surface area contributed by atoms with E-state index >= 15 is 0 Å². The number of H-pyrrole nitrogens is 1. The number of piperidine rings is 1. The first-order chi connectivity index (χ1) is 10.3. The molecule has 6 nitrogen and oxygen atoms in total. The molecule has 116 valence electrons. The van der Waals surface area contributed by atoms with Crippen LogP contribution < -0.4 is 5.32 Å². The zero-order valence-corrected chi connectivity index (χ0v) is 12.6. The molecule has 3 rings (SSSR count). The fraction of sp³-hybridized carbons (Fsp3) is 0.800. The van der Waals surface area contributed by atoms with Crippen LogP contribution in [0.4, 0.5) is 0 Å². The van der Waals surface area contributed by atoms with Crippen LogP contribution in [-0.4, -0.2) is 51.2 Å². The minimum Gasteiger partial charge on any atom is -0.347 e. The first-order valence-corrected chi connectivity index (χ1v) is 8.19. The molecular weight excluding hydrogens is 266 g/mol. The van der Waals surface area contributed by atoms with Crippen molar-refractivity contribution < 1.29 is 4.79 Å². The number of nitrogens with zero attached hydrogens (tertiary/aromatic N) is 3. The highest BCUT2D eigenvalue weighted by Gasteiger charge is 2.38. The van der Waals surface area contributed by atoms with Crippen LogP contribution in [0.15, 0.2) is 6.33 Å². The van der Waals surface area contributed by atoms with Crippen molar-refractivity contribution in [3.63, 3.8) is 0 Å². The fourth-order valence-electron chi connectivity index (χ4n) is 3.83. The molecule has 1 amide bonds. The number of carbonyl (C=O) groups excluding carboxylic acids is 1. The van der Waals surface area contributed by atoms with Crippen LogP contribution >= 0.6 is 0 Å². The molecule has 2 fully saturated rings. The topological polar surface area (TPSA) is 73.9 Å². The van der Waals surface area contributed by atoms with E-state index in [1.807, 2.05) is 0 Å². The molecule has 1 aliphatic heterocycles. The van der Waals surface area contributed by atoms with E-state index in [-0.39, 0.29) is 11.4 Å². The number of carbonyl (C=O) groups is 1. The maximum Gasteiger partial charge on any atom is 0.288 e. The van der Waals surface area contributed by atoms with Crippen LogP contribution in [0, 0.1) is 0 Å². The zero-order chi connectivity index (χ0) is 14.5. The number of aromatic nitrogens is 3. The van der Waals surface area contributed by atoms with Gasteiger partial charge in [0.1, 0.15) is 6.33 Å². The minimum atomic E-state index is -0.144. The number of nitrogens with one attached hydrogen (secondary N) is 2. The molecule has 0 atom stereocenters. The molecule has 2 heterocycles. The molecule has 2 N–H and O–H groups in total. The van der Waals surface area contributed by atoms with Gasteiger partial charge in [0.2, 0.25) is 5.82 Å². The Labute approximate surface area is 125 Å². The third kappa shape index (κ3) is 3.26. The van der Waals surface area contributed by atoms with Crippen LogP contribution in [0.1, 0.15) is 62.0 Å².